The predicted octanol–water partition coefficient (Wildman–Crippen LogP) is 5.30. The Hall–Kier alpha value is -1.85. The van der Waals surface area contributed by atoms with E-state index in [1.165, 1.54) is 29.5 Å². The Bertz CT molecular complexity index is 812. The first-order valence-electron chi connectivity index (χ1n) is 8.17. The second-order valence-corrected chi connectivity index (χ2v) is 8.39. The first kappa shape index (κ1) is 15.7. The zero-order valence-electron chi connectivity index (χ0n) is 13.5. The molecule has 1 fully saturated rings. The van der Waals surface area contributed by atoms with Crippen LogP contribution in [0.2, 0.25) is 0 Å². The first-order chi connectivity index (χ1) is 11.8. The van der Waals surface area contributed by atoms with E-state index in [0.717, 1.165) is 9.47 Å². The average Bonchev–Trinajstić information content (AvgIpc) is 3.31. The molecule has 1 atom stereocenters. The smallest absolute Gasteiger partial charge is 0.206 e. The summed E-state index contributed by atoms with van der Waals surface area (Å²) in [5.74, 6) is 0. The van der Waals surface area contributed by atoms with Crippen LogP contribution in [-0.4, -0.2) is 16.2 Å². The molecule has 2 aromatic carbocycles. The Morgan fingerprint density at radius 1 is 1.04 bits per heavy atom. The zero-order chi connectivity index (χ0) is 16.4. The lowest BCUT2D eigenvalue weighted by atomic mass is 10.0. The topological polar surface area (TPSA) is 37.8 Å². The average molecular weight is 354 g/mol. The Morgan fingerprint density at radius 3 is 2.54 bits per heavy atom. The maximum Gasteiger partial charge on any atom is 0.206 e. The molecule has 0 spiro atoms. The van der Waals surface area contributed by atoms with E-state index in [0.29, 0.717) is 6.04 Å². The Balaban J connectivity index is 1.63. The number of hydrogen-bond donors (Lipinski definition) is 1. The molecular weight excluding hydrogens is 334 g/mol. The van der Waals surface area contributed by atoms with Crippen LogP contribution in [0.1, 0.15) is 34.8 Å². The molecule has 0 radical (unpaired) electrons. The summed E-state index contributed by atoms with van der Waals surface area (Å²) >= 11 is 3.44. The quantitative estimate of drug-likeness (QED) is 0.610. The van der Waals surface area contributed by atoms with Crippen LogP contribution in [0.3, 0.4) is 0 Å². The standard InChI is InChI=1S/C19H19N3S2/c1-13-7-5-6-10-16(13)17(14-8-3-2-4-9-14)23-19-22-21-18(24-19)20-15-11-12-15/h2-10,15,17H,11-12H2,1H3,(H,20,21)/t17-/m1/s1. The van der Waals surface area contributed by atoms with E-state index >= 15 is 0 Å². The molecule has 1 aliphatic carbocycles. The largest absolute Gasteiger partial charge is 0.357 e. The van der Waals surface area contributed by atoms with E-state index in [1.54, 1.807) is 23.1 Å². The summed E-state index contributed by atoms with van der Waals surface area (Å²) in [7, 11) is 0. The van der Waals surface area contributed by atoms with Crippen LogP contribution in [0.25, 0.3) is 0 Å². The van der Waals surface area contributed by atoms with Crippen LogP contribution in [0.5, 0.6) is 0 Å². The minimum atomic E-state index is 0.231. The number of thioether (sulfide) groups is 1. The summed E-state index contributed by atoms with van der Waals surface area (Å²) in [6.07, 6.45) is 2.50. The molecule has 1 saturated carbocycles. The number of aromatic nitrogens is 2. The van der Waals surface area contributed by atoms with E-state index in [-0.39, 0.29) is 5.25 Å². The summed E-state index contributed by atoms with van der Waals surface area (Å²) in [6.45, 7) is 2.17. The van der Waals surface area contributed by atoms with E-state index < -0.39 is 0 Å². The van der Waals surface area contributed by atoms with Crippen molar-refractivity contribution in [1.29, 1.82) is 0 Å². The fourth-order valence-electron chi connectivity index (χ4n) is 2.64. The van der Waals surface area contributed by atoms with Crippen LogP contribution >= 0.6 is 23.1 Å². The molecule has 0 aliphatic heterocycles. The summed E-state index contributed by atoms with van der Waals surface area (Å²) in [6, 6.07) is 19.8. The van der Waals surface area contributed by atoms with Gasteiger partial charge in [0.05, 0.1) is 5.25 Å². The summed E-state index contributed by atoms with van der Waals surface area (Å²) in [5.41, 5.74) is 3.93. The van der Waals surface area contributed by atoms with Crippen LogP contribution in [0.4, 0.5) is 5.13 Å². The molecular formula is C19H19N3S2. The van der Waals surface area contributed by atoms with Gasteiger partial charge < -0.3 is 5.32 Å². The highest BCUT2D eigenvalue weighted by molar-refractivity contribution is 8.01. The molecule has 1 aliphatic rings. The van der Waals surface area contributed by atoms with Crippen molar-refractivity contribution in [3.63, 3.8) is 0 Å². The molecule has 3 nitrogen and oxygen atoms in total. The predicted molar refractivity (Wildman–Crippen MR) is 102 cm³/mol. The Morgan fingerprint density at radius 2 is 1.79 bits per heavy atom. The number of rotatable bonds is 6. The van der Waals surface area contributed by atoms with E-state index in [2.05, 4.69) is 77.0 Å². The third kappa shape index (κ3) is 3.62. The van der Waals surface area contributed by atoms with Crippen molar-refractivity contribution in [2.75, 3.05) is 5.32 Å². The lowest BCUT2D eigenvalue weighted by Gasteiger charge is -2.18. The summed E-state index contributed by atoms with van der Waals surface area (Å²) in [4.78, 5) is 0. The molecule has 0 unspecified atom stereocenters. The van der Waals surface area contributed by atoms with Gasteiger partial charge in [0, 0.05) is 6.04 Å². The lowest BCUT2D eigenvalue weighted by Crippen LogP contribution is -1.99. The number of hydrogen-bond acceptors (Lipinski definition) is 5. The second kappa shape index (κ2) is 6.95. The highest BCUT2D eigenvalue weighted by Crippen LogP contribution is 2.43. The molecule has 1 aromatic heterocycles. The zero-order valence-corrected chi connectivity index (χ0v) is 15.1. The third-order valence-corrected chi connectivity index (χ3v) is 6.34. The van der Waals surface area contributed by atoms with Crippen molar-refractivity contribution in [2.45, 2.75) is 35.4 Å². The summed E-state index contributed by atoms with van der Waals surface area (Å²) < 4.78 is 1.01. The van der Waals surface area contributed by atoms with Crippen LogP contribution in [0, 0.1) is 6.92 Å². The fraction of sp³-hybridized carbons (Fsp3) is 0.263. The van der Waals surface area contributed by atoms with Gasteiger partial charge in [0.15, 0.2) is 4.34 Å². The van der Waals surface area contributed by atoms with E-state index in [9.17, 15) is 0 Å². The fourth-order valence-corrected chi connectivity index (χ4v) is 4.89. The Labute approximate surface area is 150 Å². The molecule has 1 heterocycles. The number of nitrogens with zero attached hydrogens (tertiary/aromatic N) is 2. The van der Waals surface area contributed by atoms with Gasteiger partial charge in [-0.1, -0.05) is 77.7 Å². The van der Waals surface area contributed by atoms with Gasteiger partial charge in [0.1, 0.15) is 0 Å². The van der Waals surface area contributed by atoms with Gasteiger partial charge in [0.2, 0.25) is 5.13 Å². The number of aryl methyl sites for hydroxylation is 1. The summed E-state index contributed by atoms with van der Waals surface area (Å²) in [5, 5.41) is 13.3. The number of anilines is 1. The molecule has 0 amide bonds. The minimum Gasteiger partial charge on any atom is -0.357 e. The monoisotopic (exact) mass is 353 g/mol. The maximum absolute atomic E-state index is 4.39. The molecule has 5 heteroatoms. The van der Waals surface area contributed by atoms with Crippen molar-refractivity contribution in [3.8, 4) is 0 Å². The van der Waals surface area contributed by atoms with Crippen LogP contribution in [0.15, 0.2) is 58.9 Å². The van der Waals surface area contributed by atoms with Crippen molar-refractivity contribution in [1.82, 2.24) is 10.2 Å². The number of nitrogens with one attached hydrogen (secondary N) is 1. The maximum atomic E-state index is 4.39. The third-order valence-electron chi connectivity index (χ3n) is 4.10. The van der Waals surface area contributed by atoms with Gasteiger partial charge in [-0.15, -0.1) is 10.2 Å². The molecule has 3 aromatic rings. The molecule has 24 heavy (non-hydrogen) atoms. The number of benzene rings is 2. The van der Waals surface area contributed by atoms with Gasteiger partial charge in [-0.3, -0.25) is 0 Å². The molecule has 4 rings (SSSR count). The Kier molecular flexibility index (Phi) is 4.54. The highest BCUT2D eigenvalue weighted by atomic mass is 32.2. The molecule has 0 bridgehead atoms. The van der Waals surface area contributed by atoms with E-state index in [1.807, 2.05) is 0 Å². The SMILES string of the molecule is Cc1ccccc1[C@H](Sc1nnc(NC2CC2)s1)c1ccccc1. The van der Waals surface area contributed by atoms with Gasteiger partial charge in [-0.05, 0) is 36.5 Å². The van der Waals surface area contributed by atoms with Crippen molar-refractivity contribution in [2.24, 2.45) is 0 Å². The highest BCUT2D eigenvalue weighted by Gasteiger charge is 2.24. The van der Waals surface area contributed by atoms with Crippen molar-refractivity contribution in [3.05, 3.63) is 71.3 Å². The van der Waals surface area contributed by atoms with Crippen molar-refractivity contribution < 1.29 is 0 Å². The lowest BCUT2D eigenvalue weighted by molar-refractivity contribution is 0.989. The van der Waals surface area contributed by atoms with Gasteiger partial charge in [-0.25, -0.2) is 0 Å². The van der Waals surface area contributed by atoms with E-state index in [4.69, 9.17) is 0 Å². The van der Waals surface area contributed by atoms with Gasteiger partial charge in [0.25, 0.3) is 0 Å². The van der Waals surface area contributed by atoms with Crippen LogP contribution in [-0.2, 0) is 0 Å². The second-order valence-electron chi connectivity index (χ2n) is 6.06. The van der Waals surface area contributed by atoms with Crippen LogP contribution < -0.4 is 5.32 Å². The van der Waals surface area contributed by atoms with Gasteiger partial charge in [-0.2, -0.15) is 0 Å². The first-order valence-corrected chi connectivity index (χ1v) is 9.86. The van der Waals surface area contributed by atoms with Gasteiger partial charge >= 0.3 is 0 Å². The minimum absolute atomic E-state index is 0.231. The molecule has 122 valence electrons. The normalized spacial score (nSPS) is 15.2. The molecule has 1 N–H and O–H groups in total. The molecule has 0 saturated heterocycles. The van der Waals surface area contributed by atoms with Crippen molar-refractivity contribution >= 4 is 28.2 Å².